The molecule has 0 unspecified atom stereocenters. The van der Waals surface area contributed by atoms with Gasteiger partial charge < -0.3 is 10.2 Å². The lowest BCUT2D eigenvalue weighted by Gasteiger charge is -2.15. The van der Waals surface area contributed by atoms with Gasteiger partial charge in [-0.3, -0.25) is 4.68 Å². The number of rotatable bonds is 10. The molecule has 0 amide bonds. The Morgan fingerprint density at radius 2 is 2.29 bits per heavy atom. The van der Waals surface area contributed by atoms with E-state index in [0.29, 0.717) is 0 Å². The Morgan fingerprint density at radius 1 is 1.38 bits per heavy atom. The van der Waals surface area contributed by atoms with Crippen LogP contribution in [0.25, 0.3) is 0 Å². The smallest absolute Gasteiger partial charge is 0.0964 e. The number of nitrogens with one attached hydrogen (secondary N) is 1. The van der Waals surface area contributed by atoms with Gasteiger partial charge in [-0.05, 0) is 37.9 Å². The van der Waals surface area contributed by atoms with Crippen molar-refractivity contribution in [2.24, 2.45) is 0 Å². The molecular weight excluding hydrogens is 282 g/mol. The fourth-order valence-corrected chi connectivity index (χ4v) is 2.76. The predicted molar refractivity (Wildman–Crippen MR) is 87.5 cm³/mol. The first-order valence-electron chi connectivity index (χ1n) is 7.58. The minimum atomic E-state index is 0.808. The summed E-state index contributed by atoms with van der Waals surface area (Å²) in [6, 6.07) is 4.31. The van der Waals surface area contributed by atoms with E-state index in [1.54, 1.807) is 0 Å². The van der Waals surface area contributed by atoms with Crippen LogP contribution in [0.5, 0.6) is 0 Å². The zero-order valence-corrected chi connectivity index (χ0v) is 13.8. The summed E-state index contributed by atoms with van der Waals surface area (Å²) >= 11 is 1.83. The van der Waals surface area contributed by atoms with Gasteiger partial charge in [0.15, 0.2) is 0 Å². The first-order chi connectivity index (χ1) is 10.3. The molecule has 0 aliphatic heterocycles. The molecule has 0 radical (unpaired) electrons. The van der Waals surface area contributed by atoms with Gasteiger partial charge in [0.1, 0.15) is 0 Å². The van der Waals surface area contributed by atoms with Gasteiger partial charge in [-0.1, -0.05) is 18.2 Å². The minimum Gasteiger partial charge on any atom is -0.311 e. The lowest BCUT2D eigenvalue weighted by Crippen LogP contribution is -2.25. The van der Waals surface area contributed by atoms with Gasteiger partial charge in [0.2, 0.25) is 0 Å². The van der Waals surface area contributed by atoms with E-state index in [1.165, 1.54) is 4.88 Å². The van der Waals surface area contributed by atoms with Crippen molar-refractivity contribution in [1.29, 1.82) is 0 Å². The largest absolute Gasteiger partial charge is 0.311 e. The average Bonchev–Trinajstić information content (AvgIpc) is 3.15. The maximum Gasteiger partial charge on any atom is 0.0964 e. The van der Waals surface area contributed by atoms with Crippen LogP contribution in [-0.4, -0.2) is 46.6 Å². The molecule has 2 aromatic rings. The van der Waals surface area contributed by atoms with Crippen LogP contribution in [0.15, 0.2) is 23.7 Å². The van der Waals surface area contributed by atoms with E-state index in [9.17, 15) is 0 Å². The van der Waals surface area contributed by atoms with Gasteiger partial charge in [-0.15, -0.1) is 16.4 Å². The Labute approximate surface area is 131 Å². The summed E-state index contributed by atoms with van der Waals surface area (Å²) in [4.78, 5) is 3.79. The van der Waals surface area contributed by atoms with Crippen LogP contribution < -0.4 is 5.32 Å². The van der Waals surface area contributed by atoms with E-state index < -0.39 is 0 Å². The molecule has 21 heavy (non-hydrogen) atoms. The van der Waals surface area contributed by atoms with Crippen LogP contribution in [0.3, 0.4) is 0 Å². The molecule has 0 aromatic carbocycles. The van der Waals surface area contributed by atoms with E-state index in [0.717, 1.165) is 51.3 Å². The molecule has 0 spiro atoms. The van der Waals surface area contributed by atoms with E-state index >= 15 is 0 Å². The van der Waals surface area contributed by atoms with Crippen LogP contribution in [0.4, 0.5) is 0 Å². The molecule has 0 saturated heterocycles. The van der Waals surface area contributed by atoms with Gasteiger partial charge in [-0.25, -0.2) is 0 Å². The van der Waals surface area contributed by atoms with Crippen molar-refractivity contribution in [3.05, 3.63) is 34.3 Å². The van der Waals surface area contributed by atoms with E-state index in [-0.39, 0.29) is 0 Å². The quantitative estimate of drug-likeness (QED) is 0.682. The summed E-state index contributed by atoms with van der Waals surface area (Å²) < 4.78 is 1.94. The number of aromatic nitrogens is 3. The van der Waals surface area contributed by atoms with Crippen LogP contribution in [0, 0.1) is 0 Å². The lowest BCUT2D eigenvalue weighted by atomic mass is 10.3. The molecule has 0 atom stereocenters. The third-order valence-electron chi connectivity index (χ3n) is 3.35. The summed E-state index contributed by atoms with van der Waals surface area (Å²) in [6.45, 7) is 6.97. The maximum atomic E-state index is 4.19. The van der Waals surface area contributed by atoms with Crippen molar-refractivity contribution >= 4 is 11.3 Å². The summed E-state index contributed by atoms with van der Waals surface area (Å²) in [5.74, 6) is 0. The molecular formula is C15H25N5S. The molecule has 0 aliphatic rings. The monoisotopic (exact) mass is 307 g/mol. The summed E-state index contributed by atoms with van der Waals surface area (Å²) in [5, 5.41) is 13.8. The average molecular weight is 307 g/mol. The molecule has 0 fully saturated rings. The van der Waals surface area contributed by atoms with Crippen LogP contribution in [0.1, 0.15) is 23.9 Å². The highest BCUT2D eigenvalue weighted by Crippen LogP contribution is 2.09. The topological polar surface area (TPSA) is 46.0 Å². The number of hydrogen-bond donors (Lipinski definition) is 1. The van der Waals surface area contributed by atoms with E-state index in [2.05, 4.69) is 52.0 Å². The fourth-order valence-electron chi connectivity index (χ4n) is 2.06. The highest BCUT2D eigenvalue weighted by atomic mass is 32.1. The van der Waals surface area contributed by atoms with Crippen LogP contribution in [0.2, 0.25) is 0 Å². The van der Waals surface area contributed by atoms with Crippen molar-refractivity contribution in [3.8, 4) is 0 Å². The van der Waals surface area contributed by atoms with Crippen LogP contribution >= 0.6 is 11.3 Å². The predicted octanol–water partition coefficient (Wildman–Crippen LogP) is 2.01. The molecule has 0 aliphatic carbocycles. The zero-order chi connectivity index (χ0) is 14.9. The van der Waals surface area contributed by atoms with Crippen molar-refractivity contribution < 1.29 is 0 Å². The number of hydrogen-bond acceptors (Lipinski definition) is 5. The SMILES string of the molecule is CCCNCc1cn(CCN(C)CCc2cccs2)nn1. The summed E-state index contributed by atoms with van der Waals surface area (Å²) in [5.41, 5.74) is 1.02. The first-order valence-corrected chi connectivity index (χ1v) is 8.46. The standard InChI is InChI=1S/C15H25N5S/c1-3-7-16-12-14-13-20(18-17-14)10-9-19(2)8-6-15-5-4-11-21-15/h4-5,11,13,16H,3,6-10,12H2,1-2H3. The minimum absolute atomic E-state index is 0.808. The summed E-state index contributed by atoms with van der Waals surface area (Å²) in [7, 11) is 2.16. The molecule has 0 saturated carbocycles. The van der Waals surface area contributed by atoms with Gasteiger partial charge >= 0.3 is 0 Å². The Kier molecular flexibility index (Phi) is 6.85. The van der Waals surface area contributed by atoms with Crippen molar-refractivity contribution in [2.75, 3.05) is 26.7 Å². The Balaban J connectivity index is 1.65. The second kappa shape index (κ2) is 8.92. The third kappa shape index (κ3) is 5.95. The number of likely N-dealkylation sites (N-methyl/N-ethyl adjacent to an activating group) is 1. The first kappa shape index (κ1) is 16.1. The van der Waals surface area contributed by atoms with E-state index in [1.807, 2.05) is 22.2 Å². The van der Waals surface area contributed by atoms with Crippen molar-refractivity contribution in [1.82, 2.24) is 25.2 Å². The van der Waals surface area contributed by atoms with Crippen LogP contribution in [-0.2, 0) is 19.5 Å². The Hall–Kier alpha value is -1.24. The van der Waals surface area contributed by atoms with Gasteiger partial charge in [0.25, 0.3) is 0 Å². The highest BCUT2D eigenvalue weighted by Gasteiger charge is 2.03. The van der Waals surface area contributed by atoms with Crippen molar-refractivity contribution in [2.45, 2.75) is 32.9 Å². The van der Waals surface area contributed by atoms with Gasteiger partial charge in [0, 0.05) is 30.7 Å². The normalized spacial score (nSPS) is 11.4. The maximum absolute atomic E-state index is 4.19. The lowest BCUT2D eigenvalue weighted by molar-refractivity contribution is 0.315. The summed E-state index contributed by atoms with van der Waals surface area (Å²) in [6.07, 6.45) is 4.30. The molecule has 2 aromatic heterocycles. The molecule has 2 heterocycles. The Morgan fingerprint density at radius 3 is 3.05 bits per heavy atom. The zero-order valence-electron chi connectivity index (χ0n) is 13.0. The molecule has 0 bridgehead atoms. The molecule has 2 rings (SSSR count). The molecule has 116 valence electrons. The highest BCUT2D eigenvalue weighted by molar-refractivity contribution is 7.09. The van der Waals surface area contributed by atoms with E-state index in [4.69, 9.17) is 0 Å². The second-order valence-electron chi connectivity index (χ2n) is 5.28. The van der Waals surface area contributed by atoms with Gasteiger partial charge in [-0.2, -0.15) is 0 Å². The Bertz CT molecular complexity index is 494. The van der Waals surface area contributed by atoms with Crippen molar-refractivity contribution in [3.63, 3.8) is 0 Å². The molecule has 6 heteroatoms. The third-order valence-corrected chi connectivity index (χ3v) is 4.29. The number of nitrogens with zero attached hydrogens (tertiary/aromatic N) is 4. The van der Waals surface area contributed by atoms with Gasteiger partial charge in [0.05, 0.1) is 12.2 Å². The fraction of sp³-hybridized carbons (Fsp3) is 0.600. The molecule has 5 nitrogen and oxygen atoms in total. The second-order valence-corrected chi connectivity index (χ2v) is 6.31. The number of thiophene rings is 1. The molecule has 1 N–H and O–H groups in total.